The van der Waals surface area contributed by atoms with Gasteiger partial charge in [-0.2, -0.15) is 0 Å². The molecule has 0 unspecified atom stereocenters. The van der Waals surface area contributed by atoms with E-state index in [1.54, 1.807) is 12.1 Å². The van der Waals surface area contributed by atoms with Crippen molar-refractivity contribution < 1.29 is 26.4 Å². The van der Waals surface area contributed by atoms with Crippen LogP contribution in [-0.2, 0) is 9.31 Å². The van der Waals surface area contributed by atoms with E-state index in [2.05, 4.69) is 0 Å². The van der Waals surface area contributed by atoms with E-state index in [0.29, 0.717) is 11.1 Å². The number of hydrogen-bond acceptors (Lipinski definition) is 4. The molecule has 2 aromatic heterocycles. The molecule has 0 atom stereocenters. The minimum absolute atomic E-state index is 0.0412. The van der Waals surface area contributed by atoms with E-state index < -0.39 is 18.3 Å². The molecule has 0 radical (unpaired) electrons. The summed E-state index contributed by atoms with van der Waals surface area (Å²) in [5, 5.41) is 1.92. The van der Waals surface area contributed by atoms with Gasteiger partial charge >= 0.3 is 7.12 Å². The maximum absolute atomic E-state index is 9.17. The molecule has 172 valence electrons. The Bertz CT molecular complexity index is 2080. The third kappa shape index (κ3) is 3.08. The van der Waals surface area contributed by atoms with E-state index in [0.717, 1.165) is 16.4 Å². The van der Waals surface area contributed by atoms with Gasteiger partial charge in [0.25, 0.3) is 0 Å². The van der Waals surface area contributed by atoms with E-state index in [1.807, 2.05) is 58.0 Å². The number of para-hydroxylation sites is 1. The van der Waals surface area contributed by atoms with Crippen molar-refractivity contribution in [3.05, 3.63) is 78.7 Å². The molecule has 0 aliphatic carbocycles. The van der Waals surface area contributed by atoms with Crippen LogP contribution in [0.3, 0.4) is 0 Å². The summed E-state index contributed by atoms with van der Waals surface area (Å²) in [7, 11) is -1.06. The van der Waals surface area contributed by atoms with Crippen LogP contribution in [0.1, 0.15) is 35.9 Å². The summed E-state index contributed by atoms with van der Waals surface area (Å²) in [5.41, 5.74) is 0.628. The molecule has 4 nitrogen and oxygen atoms in total. The first-order chi connectivity index (χ1) is 19.3. The zero-order valence-corrected chi connectivity index (χ0v) is 19.8. The van der Waals surface area contributed by atoms with Gasteiger partial charge in [0.1, 0.15) is 22.3 Å². The fourth-order valence-corrected chi connectivity index (χ4v) is 4.51. The molecule has 1 aliphatic rings. The molecule has 0 spiro atoms. The van der Waals surface area contributed by atoms with Crippen LogP contribution in [-0.4, -0.2) is 18.3 Å². The first-order valence-electron chi connectivity index (χ1n) is 14.6. The number of hydrogen-bond donors (Lipinski definition) is 0. The Morgan fingerprint density at radius 2 is 1.37 bits per heavy atom. The molecule has 1 fully saturated rings. The maximum Gasteiger partial charge on any atom is 0.494 e. The van der Waals surface area contributed by atoms with E-state index in [4.69, 9.17) is 26.4 Å². The summed E-state index contributed by atoms with van der Waals surface area (Å²) in [6.07, 6.45) is 0. The van der Waals surface area contributed by atoms with Gasteiger partial charge in [-0.15, -0.1) is 0 Å². The van der Waals surface area contributed by atoms with Gasteiger partial charge in [0.2, 0.25) is 0 Å². The van der Waals surface area contributed by atoms with E-state index >= 15 is 0 Å². The predicted octanol–water partition coefficient (Wildman–Crippen LogP) is 7.45. The minimum Gasteiger partial charge on any atom is -0.456 e. The predicted molar refractivity (Wildman–Crippen MR) is 142 cm³/mol. The molecular formula is C30H25BO4. The SMILES string of the molecule is [2H]c1c(-c2ccc3oc4ccccc4c3c2)c([2H])c2c(oc3c([2H])c(B4OC(C)(C)C(C)(C)O4)c([2H])c([2H])c32)c1[2H]. The molecule has 0 saturated carbocycles. The first-order valence-corrected chi connectivity index (χ1v) is 11.6. The smallest absolute Gasteiger partial charge is 0.456 e. The number of fused-ring (bicyclic) bond motifs is 6. The lowest BCUT2D eigenvalue weighted by molar-refractivity contribution is 0.00578. The van der Waals surface area contributed by atoms with Crippen molar-refractivity contribution in [3.8, 4) is 11.1 Å². The highest BCUT2D eigenvalue weighted by Gasteiger charge is 2.51. The Morgan fingerprint density at radius 1 is 0.629 bits per heavy atom. The van der Waals surface area contributed by atoms with Gasteiger partial charge in [0.15, 0.2) is 0 Å². The van der Waals surface area contributed by atoms with Crippen LogP contribution >= 0.6 is 0 Å². The summed E-state index contributed by atoms with van der Waals surface area (Å²) in [6, 6.07) is 11.7. The summed E-state index contributed by atoms with van der Waals surface area (Å²) in [4.78, 5) is 0. The molecule has 1 aliphatic heterocycles. The van der Waals surface area contributed by atoms with Gasteiger partial charge in [-0.1, -0.05) is 42.4 Å². The van der Waals surface area contributed by atoms with Crippen molar-refractivity contribution in [3.63, 3.8) is 0 Å². The van der Waals surface area contributed by atoms with Crippen molar-refractivity contribution >= 4 is 56.5 Å². The fourth-order valence-electron chi connectivity index (χ4n) is 4.51. The molecule has 5 heteroatoms. The summed E-state index contributed by atoms with van der Waals surface area (Å²) in [5.74, 6) is 0. The minimum atomic E-state index is -1.06. The quantitative estimate of drug-likeness (QED) is 0.249. The Kier molecular flexibility index (Phi) is 3.09. The molecule has 0 N–H and O–H groups in total. The van der Waals surface area contributed by atoms with Crippen molar-refractivity contribution in [2.45, 2.75) is 38.9 Å². The largest absolute Gasteiger partial charge is 0.494 e. The maximum atomic E-state index is 9.17. The average Bonchev–Trinajstić information content (AvgIpc) is 3.56. The van der Waals surface area contributed by atoms with Crippen molar-refractivity contribution in [2.75, 3.05) is 0 Å². The highest BCUT2D eigenvalue weighted by atomic mass is 16.7. The van der Waals surface area contributed by atoms with Crippen LogP contribution in [0.15, 0.2) is 87.6 Å². The third-order valence-electron chi connectivity index (χ3n) is 7.18. The fraction of sp³-hybridized carbons (Fsp3) is 0.200. The van der Waals surface area contributed by atoms with Crippen molar-refractivity contribution in [1.29, 1.82) is 0 Å². The monoisotopic (exact) mass is 466 g/mol. The molecule has 6 aromatic rings. The lowest BCUT2D eigenvalue weighted by atomic mass is 9.79. The second-order valence-corrected chi connectivity index (χ2v) is 9.95. The number of furan rings is 2. The van der Waals surface area contributed by atoms with Gasteiger partial charge < -0.3 is 18.1 Å². The zero-order chi connectivity index (χ0) is 29.2. The highest BCUT2D eigenvalue weighted by molar-refractivity contribution is 6.62. The van der Waals surface area contributed by atoms with Crippen LogP contribution < -0.4 is 5.46 Å². The van der Waals surface area contributed by atoms with Crippen LogP contribution in [0.2, 0.25) is 0 Å². The summed E-state index contributed by atoms with van der Waals surface area (Å²) >= 11 is 0. The van der Waals surface area contributed by atoms with Gasteiger partial charge in [0, 0.05) is 21.5 Å². The zero-order valence-electron chi connectivity index (χ0n) is 25.8. The third-order valence-corrected chi connectivity index (χ3v) is 7.18. The van der Waals surface area contributed by atoms with Crippen LogP contribution in [0.5, 0.6) is 0 Å². The molecule has 0 bridgehead atoms. The van der Waals surface area contributed by atoms with E-state index in [1.165, 1.54) is 0 Å². The van der Waals surface area contributed by atoms with Gasteiger partial charge in [-0.3, -0.25) is 0 Å². The lowest BCUT2D eigenvalue weighted by Crippen LogP contribution is -2.41. The molecule has 7 rings (SSSR count). The highest BCUT2D eigenvalue weighted by Crippen LogP contribution is 2.38. The summed E-state index contributed by atoms with van der Waals surface area (Å²) in [6.45, 7) is 7.45. The van der Waals surface area contributed by atoms with Gasteiger partial charge in [-0.25, -0.2) is 0 Å². The molecule has 1 saturated heterocycles. The Balaban J connectivity index is 1.50. The van der Waals surface area contributed by atoms with Crippen LogP contribution in [0.25, 0.3) is 55.0 Å². The van der Waals surface area contributed by atoms with Crippen molar-refractivity contribution in [1.82, 2.24) is 0 Å². The number of rotatable bonds is 2. The second kappa shape index (κ2) is 7.00. The van der Waals surface area contributed by atoms with Gasteiger partial charge in [0.05, 0.1) is 19.4 Å². The normalized spacial score (nSPS) is 19.7. The molecular weight excluding hydrogens is 435 g/mol. The molecule has 35 heavy (non-hydrogen) atoms. The molecule has 4 aromatic carbocycles. The Labute approximate surface area is 212 Å². The van der Waals surface area contributed by atoms with Gasteiger partial charge in [-0.05, 0) is 80.6 Å². The molecule has 3 heterocycles. The van der Waals surface area contributed by atoms with Crippen LogP contribution in [0.4, 0.5) is 0 Å². The Morgan fingerprint density at radius 3 is 2.20 bits per heavy atom. The first kappa shape index (κ1) is 15.5. The molecule has 0 amide bonds. The average molecular weight is 466 g/mol. The Hall–Kier alpha value is -3.54. The van der Waals surface area contributed by atoms with E-state index in [-0.39, 0.29) is 69.2 Å². The topological polar surface area (TPSA) is 44.7 Å². The number of benzene rings is 4. The second-order valence-electron chi connectivity index (χ2n) is 9.95. The standard InChI is InChI=1S/C30H25BO4/c1-29(2)30(3,4)35-31(34-29)20-11-12-22-24-16-19(10-14-27(24)33-28(22)17-20)18-9-13-26-23(15-18)21-7-5-6-8-25(21)32-26/h5-17H,1-4H3/i10D,11D,12D,14D,16D,17D. The lowest BCUT2D eigenvalue weighted by Gasteiger charge is -2.32. The van der Waals surface area contributed by atoms with E-state index in [9.17, 15) is 0 Å². The van der Waals surface area contributed by atoms with Crippen LogP contribution in [0, 0.1) is 0 Å². The summed E-state index contributed by atoms with van der Waals surface area (Å²) < 4.78 is 77.6. The van der Waals surface area contributed by atoms with Crippen molar-refractivity contribution in [2.24, 2.45) is 0 Å².